The van der Waals surface area contributed by atoms with Gasteiger partial charge in [-0.1, -0.05) is 34.1 Å². The van der Waals surface area contributed by atoms with Crippen LogP contribution in [0.1, 0.15) is 11.1 Å². The number of hydrogen-bond acceptors (Lipinski definition) is 3. The third-order valence-corrected chi connectivity index (χ3v) is 3.90. The molecule has 0 aliphatic heterocycles. The Hall–Kier alpha value is -2.87. The van der Waals surface area contributed by atoms with Gasteiger partial charge in [-0.25, -0.2) is 18.4 Å². The van der Waals surface area contributed by atoms with Crippen LogP contribution in [-0.4, -0.2) is 20.7 Å². The van der Waals surface area contributed by atoms with Gasteiger partial charge in [-0.3, -0.25) is 10.1 Å². The quantitative estimate of drug-likeness (QED) is 0.636. The van der Waals surface area contributed by atoms with Gasteiger partial charge in [-0.2, -0.15) is 0 Å². The second kappa shape index (κ2) is 8.01. The van der Waals surface area contributed by atoms with Crippen molar-refractivity contribution in [3.8, 4) is 0 Å². The van der Waals surface area contributed by atoms with E-state index >= 15 is 0 Å². The zero-order valence-corrected chi connectivity index (χ0v) is 15.0. The summed E-state index contributed by atoms with van der Waals surface area (Å²) >= 11 is 3.40. The Balaban J connectivity index is 1.63. The maximum Gasteiger partial charge on any atom is 0.250 e. The average Bonchev–Trinajstić information content (AvgIpc) is 3.01. The van der Waals surface area contributed by atoms with E-state index in [2.05, 4.69) is 31.3 Å². The monoisotopic (exact) mass is 418 g/mol. The highest BCUT2D eigenvalue weighted by molar-refractivity contribution is 9.10. The van der Waals surface area contributed by atoms with E-state index in [1.165, 1.54) is 12.4 Å². The minimum atomic E-state index is -0.745. The Bertz CT molecular complexity index is 951. The molecule has 132 valence electrons. The first-order valence-corrected chi connectivity index (χ1v) is 8.37. The van der Waals surface area contributed by atoms with E-state index in [-0.39, 0.29) is 11.5 Å². The summed E-state index contributed by atoms with van der Waals surface area (Å²) in [5.41, 5.74) is 0.730. The largest absolute Gasteiger partial charge is 0.290 e. The van der Waals surface area contributed by atoms with Gasteiger partial charge in [0.15, 0.2) is 0 Å². The zero-order chi connectivity index (χ0) is 18.5. The molecule has 8 heteroatoms. The van der Waals surface area contributed by atoms with Crippen LogP contribution < -0.4 is 5.32 Å². The lowest BCUT2D eigenvalue weighted by molar-refractivity contribution is -0.111. The second-order valence-electron chi connectivity index (χ2n) is 5.35. The summed E-state index contributed by atoms with van der Waals surface area (Å²) in [6.45, 7) is 0.485. The highest BCUT2D eigenvalue weighted by atomic mass is 79.9. The Morgan fingerprint density at radius 3 is 2.65 bits per heavy atom. The predicted octanol–water partition coefficient (Wildman–Crippen LogP) is 4.02. The van der Waals surface area contributed by atoms with Crippen LogP contribution in [-0.2, 0) is 11.3 Å². The summed E-state index contributed by atoms with van der Waals surface area (Å²) in [5.74, 6) is -1.98. The number of amides is 1. The molecule has 1 heterocycles. The van der Waals surface area contributed by atoms with Crippen molar-refractivity contribution in [1.29, 1.82) is 0 Å². The van der Waals surface area contributed by atoms with Gasteiger partial charge < -0.3 is 0 Å². The van der Waals surface area contributed by atoms with Crippen LogP contribution in [0.25, 0.3) is 6.08 Å². The van der Waals surface area contributed by atoms with E-state index in [1.54, 1.807) is 4.68 Å². The van der Waals surface area contributed by atoms with Crippen molar-refractivity contribution < 1.29 is 13.6 Å². The highest BCUT2D eigenvalue weighted by Crippen LogP contribution is 2.14. The van der Waals surface area contributed by atoms with Crippen molar-refractivity contribution >= 4 is 33.9 Å². The van der Waals surface area contributed by atoms with E-state index in [0.29, 0.717) is 6.54 Å². The summed E-state index contributed by atoms with van der Waals surface area (Å²) in [4.78, 5) is 15.9. The molecule has 26 heavy (non-hydrogen) atoms. The first-order chi connectivity index (χ1) is 12.5. The highest BCUT2D eigenvalue weighted by Gasteiger charge is 2.07. The number of carbonyl (C=O) groups excluding carboxylic acids is 1. The van der Waals surface area contributed by atoms with Crippen molar-refractivity contribution in [2.75, 3.05) is 5.32 Å². The van der Waals surface area contributed by atoms with Crippen LogP contribution in [0.15, 0.2) is 59.3 Å². The number of aromatic nitrogens is 3. The second-order valence-corrected chi connectivity index (χ2v) is 6.27. The SMILES string of the molecule is O=C(C=Cc1c(F)cccc1F)Nc1ncn(Cc2cccc(Br)c2)n1. The molecule has 3 aromatic rings. The lowest BCUT2D eigenvalue weighted by Gasteiger charge is -2.01. The molecule has 0 spiro atoms. The van der Waals surface area contributed by atoms with Gasteiger partial charge in [0, 0.05) is 16.1 Å². The minimum Gasteiger partial charge on any atom is -0.290 e. The van der Waals surface area contributed by atoms with Gasteiger partial charge in [0.2, 0.25) is 5.95 Å². The van der Waals surface area contributed by atoms with Crippen molar-refractivity contribution in [1.82, 2.24) is 14.8 Å². The molecule has 5 nitrogen and oxygen atoms in total. The molecule has 0 bridgehead atoms. The topological polar surface area (TPSA) is 59.8 Å². The number of carbonyl (C=O) groups is 1. The number of nitrogens with zero attached hydrogens (tertiary/aromatic N) is 3. The van der Waals surface area contributed by atoms with Crippen molar-refractivity contribution in [3.05, 3.63) is 82.1 Å². The van der Waals surface area contributed by atoms with Gasteiger partial charge in [-0.15, -0.1) is 5.10 Å². The maximum atomic E-state index is 13.5. The molecule has 0 unspecified atom stereocenters. The van der Waals surface area contributed by atoms with Gasteiger partial charge in [-0.05, 0) is 35.9 Å². The molecule has 0 radical (unpaired) electrons. The smallest absolute Gasteiger partial charge is 0.250 e. The molecule has 0 saturated heterocycles. The lowest BCUT2D eigenvalue weighted by atomic mass is 10.2. The van der Waals surface area contributed by atoms with E-state index in [4.69, 9.17) is 0 Å². The zero-order valence-electron chi connectivity index (χ0n) is 13.4. The molecular weight excluding hydrogens is 406 g/mol. The summed E-state index contributed by atoms with van der Waals surface area (Å²) in [5, 5.41) is 6.59. The van der Waals surface area contributed by atoms with Crippen molar-refractivity contribution in [3.63, 3.8) is 0 Å². The lowest BCUT2D eigenvalue weighted by Crippen LogP contribution is -2.10. The Morgan fingerprint density at radius 1 is 1.19 bits per heavy atom. The van der Waals surface area contributed by atoms with Gasteiger partial charge in [0.25, 0.3) is 5.91 Å². The summed E-state index contributed by atoms with van der Waals surface area (Å²) in [6, 6.07) is 11.2. The van der Waals surface area contributed by atoms with Crippen LogP contribution in [0.5, 0.6) is 0 Å². The first kappa shape index (κ1) is 17.9. The molecule has 2 aromatic carbocycles. The van der Waals surface area contributed by atoms with Gasteiger partial charge in [0.05, 0.1) is 6.54 Å². The number of halogens is 3. The van der Waals surface area contributed by atoms with Crippen LogP contribution in [0.4, 0.5) is 14.7 Å². The fourth-order valence-electron chi connectivity index (χ4n) is 2.23. The van der Waals surface area contributed by atoms with E-state index in [0.717, 1.165) is 34.3 Å². The summed E-state index contributed by atoms with van der Waals surface area (Å²) in [6.07, 6.45) is 3.58. The average molecular weight is 419 g/mol. The fourth-order valence-corrected chi connectivity index (χ4v) is 2.68. The Kier molecular flexibility index (Phi) is 5.52. The molecule has 0 saturated carbocycles. The Labute approximate surface area is 156 Å². The van der Waals surface area contributed by atoms with Crippen LogP contribution in [0.2, 0.25) is 0 Å². The molecule has 0 aliphatic rings. The minimum absolute atomic E-state index is 0.101. The third-order valence-electron chi connectivity index (χ3n) is 3.41. The molecular formula is C18H13BrF2N4O. The normalized spacial score (nSPS) is 11.0. The van der Waals surface area contributed by atoms with E-state index in [9.17, 15) is 13.6 Å². The van der Waals surface area contributed by atoms with E-state index in [1.807, 2.05) is 24.3 Å². The molecule has 1 amide bonds. The van der Waals surface area contributed by atoms with Crippen LogP contribution >= 0.6 is 15.9 Å². The summed E-state index contributed by atoms with van der Waals surface area (Å²) in [7, 11) is 0. The van der Waals surface area contributed by atoms with Gasteiger partial charge >= 0.3 is 0 Å². The number of hydrogen-bond donors (Lipinski definition) is 1. The summed E-state index contributed by atoms with van der Waals surface area (Å²) < 4.78 is 29.5. The number of anilines is 1. The third kappa shape index (κ3) is 4.60. The van der Waals surface area contributed by atoms with Crippen LogP contribution in [0, 0.1) is 11.6 Å². The Morgan fingerprint density at radius 2 is 1.92 bits per heavy atom. The number of nitrogens with one attached hydrogen (secondary N) is 1. The van der Waals surface area contributed by atoms with Crippen molar-refractivity contribution in [2.24, 2.45) is 0 Å². The fraction of sp³-hybridized carbons (Fsp3) is 0.0556. The molecule has 3 rings (SSSR count). The van der Waals surface area contributed by atoms with Crippen LogP contribution in [0.3, 0.4) is 0 Å². The molecule has 0 aliphatic carbocycles. The maximum absolute atomic E-state index is 13.5. The molecule has 0 fully saturated rings. The number of benzene rings is 2. The first-order valence-electron chi connectivity index (χ1n) is 7.58. The predicted molar refractivity (Wildman–Crippen MR) is 97.3 cm³/mol. The molecule has 0 atom stereocenters. The molecule has 1 aromatic heterocycles. The standard InChI is InChI=1S/C18H13BrF2N4O/c19-13-4-1-3-12(9-13)10-25-11-22-18(24-25)23-17(26)8-7-14-15(20)5-2-6-16(14)21/h1-9,11H,10H2,(H,23,24,26). The number of rotatable bonds is 5. The van der Waals surface area contributed by atoms with Gasteiger partial charge in [0.1, 0.15) is 18.0 Å². The van der Waals surface area contributed by atoms with Crippen molar-refractivity contribution in [2.45, 2.75) is 6.54 Å². The molecule has 1 N–H and O–H groups in total. The van der Waals surface area contributed by atoms with E-state index < -0.39 is 17.5 Å².